The topological polar surface area (TPSA) is 30.5 Å². The zero-order valence-electron chi connectivity index (χ0n) is 11.0. The van der Waals surface area contributed by atoms with Gasteiger partial charge in [0.15, 0.2) is 11.6 Å². The molecule has 1 aromatic carbocycles. The highest BCUT2D eigenvalue weighted by Gasteiger charge is 2.29. The lowest BCUT2D eigenvalue weighted by molar-refractivity contribution is 0.0895. The molecule has 0 aliphatic carbocycles. The Hall–Kier alpha value is -1.04. The molecule has 5 heteroatoms. The van der Waals surface area contributed by atoms with Crippen LogP contribution < -0.4 is 5.32 Å². The zero-order chi connectivity index (χ0) is 13.7. The number of hydrogen-bond acceptors (Lipinski definition) is 3. The summed E-state index contributed by atoms with van der Waals surface area (Å²) in [4.78, 5) is 0. The van der Waals surface area contributed by atoms with Gasteiger partial charge in [-0.25, -0.2) is 8.78 Å². The first-order chi connectivity index (χ1) is 9.22. The molecule has 0 spiro atoms. The average Bonchev–Trinajstić information content (AvgIpc) is 2.86. The number of methoxy groups -OCH3 is 1. The van der Waals surface area contributed by atoms with Gasteiger partial charge in [-0.15, -0.1) is 0 Å². The van der Waals surface area contributed by atoms with Crippen LogP contribution in [0.1, 0.15) is 18.1 Å². The quantitative estimate of drug-likeness (QED) is 0.805. The first-order valence-electron chi connectivity index (χ1n) is 6.48. The second-order valence-electron chi connectivity index (χ2n) is 4.71. The summed E-state index contributed by atoms with van der Waals surface area (Å²) in [5, 5.41) is 3.28. The summed E-state index contributed by atoms with van der Waals surface area (Å²) in [5.74, 6) is -1.36. The van der Waals surface area contributed by atoms with Gasteiger partial charge in [-0.2, -0.15) is 0 Å². The molecule has 0 radical (unpaired) electrons. The first-order valence-corrected chi connectivity index (χ1v) is 6.48. The molecule has 1 fully saturated rings. The lowest BCUT2D eigenvalue weighted by Gasteiger charge is -2.19. The number of benzene rings is 1. The molecule has 1 aliphatic rings. The molecule has 1 saturated heterocycles. The predicted molar refractivity (Wildman–Crippen MR) is 67.9 cm³/mol. The van der Waals surface area contributed by atoms with E-state index in [4.69, 9.17) is 9.47 Å². The maximum absolute atomic E-state index is 13.2. The third-order valence-electron chi connectivity index (χ3n) is 3.38. The van der Waals surface area contributed by atoms with E-state index in [1.54, 1.807) is 13.2 Å². The summed E-state index contributed by atoms with van der Waals surface area (Å²) in [6, 6.07) is 3.98. The molecule has 2 rings (SSSR count). The Kier molecular flexibility index (Phi) is 5.24. The van der Waals surface area contributed by atoms with Crippen molar-refractivity contribution in [3.05, 3.63) is 35.4 Å². The summed E-state index contributed by atoms with van der Waals surface area (Å²) in [6.45, 7) is 2.87. The van der Waals surface area contributed by atoms with E-state index in [1.165, 1.54) is 6.07 Å². The van der Waals surface area contributed by atoms with Gasteiger partial charge in [0.05, 0.1) is 12.7 Å². The molecule has 0 saturated carbocycles. The third-order valence-corrected chi connectivity index (χ3v) is 3.38. The van der Waals surface area contributed by atoms with Crippen molar-refractivity contribution in [2.24, 2.45) is 5.92 Å². The molecule has 1 aromatic rings. The molecular formula is C14H19F2NO2. The molecule has 1 N–H and O–H groups in total. The highest BCUT2D eigenvalue weighted by Crippen LogP contribution is 2.34. The Labute approximate surface area is 111 Å². The average molecular weight is 271 g/mol. The van der Waals surface area contributed by atoms with E-state index in [9.17, 15) is 8.78 Å². The summed E-state index contributed by atoms with van der Waals surface area (Å²) >= 11 is 0. The van der Waals surface area contributed by atoms with Crippen LogP contribution in [0.25, 0.3) is 0 Å². The van der Waals surface area contributed by atoms with Gasteiger partial charge in [-0.3, -0.25) is 0 Å². The fourth-order valence-corrected chi connectivity index (χ4v) is 2.36. The maximum Gasteiger partial charge on any atom is 0.159 e. The monoisotopic (exact) mass is 271 g/mol. The Morgan fingerprint density at radius 3 is 2.95 bits per heavy atom. The van der Waals surface area contributed by atoms with Crippen molar-refractivity contribution in [1.29, 1.82) is 0 Å². The fraction of sp³-hybridized carbons (Fsp3) is 0.571. The predicted octanol–water partition coefficient (Wildman–Crippen LogP) is 2.28. The van der Waals surface area contributed by atoms with Crippen molar-refractivity contribution < 1.29 is 18.3 Å². The van der Waals surface area contributed by atoms with E-state index >= 15 is 0 Å². The lowest BCUT2D eigenvalue weighted by Crippen LogP contribution is -2.27. The third kappa shape index (κ3) is 3.72. The second-order valence-corrected chi connectivity index (χ2v) is 4.71. The minimum absolute atomic E-state index is 0.162. The molecule has 0 amide bonds. The van der Waals surface area contributed by atoms with Crippen LogP contribution in [0.2, 0.25) is 0 Å². The molecule has 3 nitrogen and oxygen atoms in total. The van der Waals surface area contributed by atoms with Gasteiger partial charge in [-0.1, -0.05) is 6.07 Å². The van der Waals surface area contributed by atoms with E-state index < -0.39 is 11.6 Å². The molecule has 1 aliphatic heterocycles. The highest BCUT2D eigenvalue weighted by molar-refractivity contribution is 5.21. The molecule has 106 valence electrons. The van der Waals surface area contributed by atoms with Crippen LogP contribution in [0.5, 0.6) is 0 Å². The number of rotatable bonds is 6. The van der Waals surface area contributed by atoms with Crippen molar-refractivity contribution in [2.45, 2.75) is 12.5 Å². The van der Waals surface area contributed by atoms with Crippen LogP contribution in [0.4, 0.5) is 8.78 Å². The highest BCUT2D eigenvalue weighted by atomic mass is 19.2. The molecule has 2 unspecified atom stereocenters. The van der Waals surface area contributed by atoms with Crippen molar-refractivity contribution in [3.63, 3.8) is 0 Å². The Balaban J connectivity index is 1.95. The second kappa shape index (κ2) is 6.93. The lowest BCUT2D eigenvalue weighted by atomic mass is 9.95. The SMILES string of the molecule is COCCNCC1CCOC1c1ccc(F)c(F)c1. The molecule has 0 bridgehead atoms. The zero-order valence-corrected chi connectivity index (χ0v) is 11.0. The first kappa shape index (κ1) is 14.4. The van der Waals surface area contributed by atoms with Crippen molar-refractivity contribution >= 4 is 0 Å². The summed E-state index contributed by atoms with van der Waals surface area (Å²) < 4.78 is 36.8. The van der Waals surface area contributed by atoms with Crippen LogP contribution in [0.15, 0.2) is 18.2 Å². The minimum Gasteiger partial charge on any atom is -0.383 e. The fourth-order valence-electron chi connectivity index (χ4n) is 2.36. The van der Waals surface area contributed by atoms with E-state index in [-0.39, 0.29) is 12.0 Å². The normalized spacial score (nSPS) is 22.9. The van der Waals surface area contributed by atoms with Crippen LogP contribution in [0, 0.1) is 17.6 Å². The van der Waals surface area contributed by atoms with Crippen LogP contribution in [-0.2, 0) is 9.47 Å². The van der Waals surface area contributed by atoms with Crippen molar-refractivity contribution in [1.82, 2.24) is 5.32 Å². The molecule has 1 heterocycles. The minimum atomic E-state index is -0.823. The van der Waals surface area contributed by atoms with Gasteiger partial charge in [-0.05, 0) is 24.1 Å². The molecular weight excluding hydrogens is 252 g/mol. The largest absolute Gasteiger partial charge is 0.383 e. The number of nitrogens with one attached hydrogen (secondary N) is 1. The van der Waals surface area contributed by atoms with Crippen LogP contribution in [-0.4, -0.2) is 33.4 Å². The van der Waals surface area contributed by atoms with Gasteiger partial charge in [0.1, 0.15) is 0 Å². The van der Waals surface area contributed by atoms with E-state index in [0.717, 1.165) is 25.6 Å². The number of ether oxygens (including phenoxy) is 2. The maximum atomic E-state index is 13.2. The van der Waals surface area contributed by atoms with E-state index in [0.29, 0.717) is 18.8 Å². The van der Waals surface area contributed by atoms with Crippen LogP contribution in [0.3, 0.4) is 0 Å². The molecule has 0 aromatic heterocycles. The smallest absolute Gasteiger partial charge is 0.159 e. The Morgan fingerprint density at radius 1 is 1.37 bits per heavy atom. The van der Waals surface area contributed by atoms with E-state index in [1.807, 2.05) is 0 Å². The van der Waals surface area contributed by atoms with Crippen molar-refractivity contribution in [2.75, 3.05) is 33.4 Å². The Bertz CT molecular complexity index is 414. The standard InChI is InChI=1S/C14H19F2NO2/c1-18-7-5-17-9-11-4-6-19-14(11)10-2-3-12(15)13(16)8-10/h2-3,8,11,14,17H,4-7,9H2,1H3. The molecule has 2 atom stereocenters. The van der Waals surface area contributed by atoms with Gasteiger partial charge in [0.25, 0.3) is 0 Å². The van der Waals surface area contributed by atoms with Crippen LogP contribution >= 0.6 is 0 Å². The number of hydrogen-bond donors (Lipinski definition) is 1. The van der Waals surface area contributed by atoms with Gasteiger partial charge in [0.2, 0.25) is 0 Å². The van der Waals surface area contributed by atoms with Crippen molar-refractivity contribution in [3.8, 4) is 0 Å². The summed E-state index contributed by atoms with van der Waals surface area (Å²) in [5.41, 5.74) is 0.704. The van der Waals surface area contributed by atoms with E-state index in [2.05, 4.69) is 5.32 Å². The summed E-state index contributed by atoms with van der Waals surface area (Å²) in [6.07, 6.45) is 0.758. The Morgan fingerprint density at radius 2 is 2.21 bits per heavy atom. The molecule has 19 heavy (non-hydrogen) atoms. The van der Waals surface area contributed by atoms with Gasteiger partial charge in [0, 0.05) is 32.7 Å². The van der Waals surface area contributed by atoms with Gasteiger partial charge >= 0.3 is 0 Å². The van der Waals surface area contributed by atoms with Gasteiger partial charge < -0.3 is 14.8 Å². The summed E-state index contributed by atoms with van der Waals surface area (Å²) in [7, 11) is 1.66. The number of halogens is 2.